The average Bonchev–Trinajstić information content (AvgIpc) is 3.38. The minimum Gasteiger partial charge on any atom is -0.361 e. The van der Waals surface area contributed by atoms with Crippen molar-refractivity contribution in [3.63, 3.8) is 0 Å². The number of carbonyl (C=O) groups excluding carboxylic acids is 3. The van der Waals surface area contributed by atoms with Crippen molar-refractivity contribution in [2.75, 3.05) is 17.6 Å². The lowest BCUT2D eigenvalue weighted by molar-refractivity contribution is 0.0664. The minimum absolute atomic E-state index is 0.160. The molecule has 28 heavy (non-hydrogen) atoms. The second kappa shape index (κ2) is 7.52. The lowest BCUT2D eigenvalue weighted by Crippen LogP contribution is -2.31. The summed E-state index contributed by atoms with van der Waals surface area (Å²) >= 11 is 2.55. The summed E-state index contributed by atoms with van der Waals surface area (Å²) in [5.41, 5.74) is 1.02. The summed E-state index contributed by atoms with van der Waals surface area (Å²) in [6.45, 7) is 1.95. The summed E-state index contributed by atoms with van der Waals surface area (Å²) in [5.74, 6) is 0.00214. The van der Waals surface area contributed by atoms with Crippen LogP contribution in [0.2, 0.25) is 0 Å². The molecule has 9 nitrogen and oxygen atoms in total. The van der Waals surface area contributed by atoms with Gasteiger partial charge in [0.2, 0.25) is 5.13 Å². The summed E-state index contributed by atoms with van der Waals surface area (Å²) in [6, 6.07) is 8.30. The predicted molar refractivity (Wildman–Crippen MR) is 102 cm³/mol. The maximum Gasteiger partial charge on any atom is 0.279 e. The molecule has 1 aliphatic rings. The van der Waals surface area contributed by atoms with Crippen LogP contribution in [0.25, 0.3) is 0 Å². The van der Waals surface area contributed by atoms with E-state index in [1.807, 2.05) is 0 Å². The molecule has 3 aromatic rings. The number of benzene rings is 1. The number of hydrogen-bond acceptors (Lipinski definition) is 9. The van der Waals surface area contributed by atoms with Crippen molar-refractivity contribution in [3.8, 4) is 0 Å². The highest BCUT2D eigenvalue weighted by molar-refractivity contribution is 8.01. The fraction of sp³-hybridized carbons (Fsp3) is 0.176. The average molecular weight is 415 g/mol. The number of anilines is 1. The quantitative estimate of drug-likeness (QED) is 0.371. The Balaban J connectivity index is 1.31. The summed E-state index contributed by atoms with van der Waals surface area (Å²) in [6.07, 6.45) is 0. The lowest BCUT2D eigenvalue weighted by atomic mass is 10.1. The number of aryl methyl sites for hydroxylation is 1. The molecule has 3 amide bonds. The van der Waals surface area contributed by atoms with Gasteiger partial charge >= 0.3 is 0 Å². The number of amides is 3. The van der Waals surface area contributed by atoms with E-state index >= 15 is 0 Å². The van der Waals surface area contributed by atoms with Gasteiger partial charge in [-0.25, -0.2) is 0 Å². The largest absolute Gasteiger partial charge is 0.361 e. The van der Waals surface area contributed by atoms with Gasteiger partial charge in [0.05, 0.1) is 11.1 Å². The number of carbonyl (C=O) groups is 3. The number of thioether (sulfide) groups is 1. The first-order valence-corrected chi connectivity index (χ1v) is 9.99. The SMILES string of the molecule is Cc1cc(C(=O)Nc2nnc(SCCN3C(=O)c4ccccc4C3=O)s2)no1. The third-order valence-electron chi connectivity index (χ3n) is 3.91. The van der Waals surface area contributed by atoms with Crippen LogP contribution in [-0.4, -0.2) is 50.3 Å². The summed E-state index contributed by atoms with van der Waals surface area (Å²) < 4.78 is 5.48. The van der Waals surface area contributed by atoms with Gasteiger partial charge in [0.15, 0.2) is 10.0 Å². The molecule has 0 radical (unpaired) electrons. The Bertz CT molecular complexity index is 1040. The van der Waals surface area contributed by atoms with Crippen molar-refractivity contribution in [3.05, 3.63) is 52.9 Å². The highest BCUT2D eigenvalue weighted by Crippen LogP contribution is 2.27. The monoisotopic (exact) mass is 415 g/mol. The second-order valence-electron chi connectivity index (χ2n) is 5.81. The van der Waals surface area contributed by atoms with Gasteiger partial charge < -0.3 is 4.52 Å². The van der Waals surface area contributed by atoms with Gasteiger partial charge in [0.25, 0.3) is 17.7 Å². The van der Waals surface area contributed by atoms with Gasteiger partial charge in [-0.05, 0) is 19.1 Å². The van der Waals surface area contributed by atoms with Crippen molar-refractivity contribution in [2.45, 2.75) is 11.3 Å². The van der Waals surface area contributed by atoms with Gasteiger partial charge in [0.1, 0.15) is 5.76 Å². The Morgan fingerprint density at radius 1 is 1.21 bits per heavy atom. The van der Waals surface area contributed by atoms with E-state index in [-0.39, 0.29) is 24.1 Å². The fourth-order valence-electron chi connectivity index (χ4n) is 2.62. The molecule has 3 heterocycles. The van der Waals surface area contributed by atoms with Gasteiger partial charge in [-0.15, -0.1) is 10.2 Å². The number of hydrogen-bond donors (Lipinski definition) is 1. The van der Waals surface area contributed by atoms with Crippen LogP contribution >= 0.6 is 23.1 Å². The predicted octanol–water partition coefficient (Wildman–Crippen LogP) is 2.48. The van der Waals surface area contributed by atoms with Gasteiger partial charge in [0, 0.05) is 18.4 Å². The zero-order valence-electron chi connectivity index (χ0n) is 14.5. The molecule has 4 rings (SSSR count). The van der Waals surface area contributed by atoms with Crippen LogP contribution < -0.4 is 5.32 Å². The zero-order chi connectivity index (χ0) is 19.7. The van der Waals surface area contributed by atoms with E-state index in [9.17, 15) is 14.4 Å². The van der Waals surface area contributed by atoms with E-state index in [1.165, 1.54) is 34.1 Å². The number of imide groups is 1. The molecule has 1 aliphatic heterocycles. The highest BCUT2D eigenvalue weighted by Gasteiger charge is 2.34. The van der Waals surface area contributed by atoms with Gasteiger partial charge in [-0.3, -0.25) is 24.6 Å². The molecule has 11 heteroatoms. The van der Waals surface area contributed by atoms with E-state index in [4.69, 9.17) is 4.52 Å². The summed E-state index contributed by atoms with van der Waals surface area (Å²) in [7, 11) is 0. The lowest BCUT2D eigenvalue weighted by Gasteiger charge is -2.12. The topological polar surface area (TPSA) is 118 Å². The smallest absolute Gasteiger partial charge is 0.279 e. The second-order valence-corrected chi connectivity index (χ2v) is 8.13. The molecule has 0 aliphatic carbocycles. The van der Waals surface area contributed by atoms with Gasteiger partial charge in [-0.1, -0.05) is 40.4 Å². The summed E-state index contributed by atoms with van der Waals surface area (Å²) in [4.78, 5) is 37.9. The molecule has 2 aromatic heterocycles. The standard InChI is InChI=1S/C17H13N5O4S2/c1-9-8-12(21-26-9)13(23)18-16-19-20-17(28-16)27-7-6-22-14(24)10-4-2-3-5-11(10)15(22)25/h2-5,8H,6-7H2,1H3,(H,18,19,23). The zero-order valence-corrected chi connectivity index (χ0v) is 16.2. The number of aromatic nitrogens is 3. The summed E-state index contributed by atoms with van der Waals surface area (Å²) in [5, 5.41) is 14.5. The molecular weight excluding hydrogens is 402 g/mol. The van der Waals surface area contributed by atoms with Crippen LogP contribution in [0.5, 0.6) is 0 Å². The van der Waals surface area contributed by atoms with Crippen molar-refractivity contribution < 1.29 is 18.9 Å². The molecule has 0 fully saturated rings. The minimum atomic E-state index is -0.435. The van der Waals surface area contributed by atoms with Crippen LogP contribution in [0.15, 0.2) is 39.2 Å². The van der Waals surface area contributed by atoms with Crippen molar-refractivity contribution in [1.29, 1.82) is 0 Å². The van der Waals surface area contributed by atoms with Crippen LogP contribution in [0, 0.1) is 6.92 Å². The first kappa shape index (κ1) is 18.3. The number of rotatable bonds is 6. The molecule has 0 spiro atoms. The molecule has 142 valence electrons. The Morgan fingerprint density at radius 3 is 2.57 bits per heavy atom. The number of fused-ring (bicyclic) bond motifs is 1. The molecule has 1 aromatic carbocycles. The van der Waals surface area contributed by atoms with Crippen LogP contribution in [0.4, 0.5) is 5.13 Å². The van der Waals surface area contributed by atoms with E-state index in [0.717, 1.165) is 0 Å². The van der Waals surface area contributed by atoms with Crippen LogP contribution in [0.1, 0.15) is 37.0 Å². The Kier molecular flexibility index (Phi) is 4.92. The molecule has 0 saturated heterocycles. The first-order chi connectivity index (χ1) is 13.5. The Morgan fingerprint density at radius 2 is 1.93 bits per heavy atom. The highest BCUT2D eigenvalue weighted by atomic mass is 32.2. The first-order valence-electron chi connectivity index (χ1n) is 8.19. The van der Waals surface area contributed by atoms with Crippen LogP contribution in [0.3, 0.4) is 0 Å². The van der Waals surface area contributed by atoms with Crippen molar-refractivity contribution >= 4 is 46.0 Å². The third-order valence-corrected chi connectivity index (χ3v) is 5.86. The van der Waals surface area contributed by atoms with E-state index < -0.39 is 5.91 Å². The molecular formula is C17H13N5O4S2. The fourth-order valence-corrected chi connectivity index (χ4v) is 4.36. The van der Waals surface area contributed by atoms with E-state index in [0.29, 0.717) is 32.1 Å². The molecule has 0 atom stereocenters. The van der Waals surface area contributed by atoms with E-state index in [1.54, 1.807) is 31.2 Å². The Hall–Kier alpha value is -3.05. The molecule has 0 saturated carbocycles. The normalized spacial score (nSPS) is 13.1. The number of nitrogens with zero attached hydrogens (tertiary/aromatic N) is 4. The number of nitrogens with one attached hydrogen (secondary N) is 1. The Labute approximate surface area is 167 Å². The van der Waals surface area contributed by atoms with Gasteiger partial charge in [-0.2, -0.15) is 0 Å². The van der Waals surface area contributed by atoms with Crippen LogP contribution in [-0.2, 0) is 0 Å². The van der Waals surface area contributed by atoms with E-state index in [2.05, 4.69) is 20.7 Å². The molecule has 1 N–H and O–H groups in total. The maximum absolute atomic E-state index is 12.3. The van der Waals surface area contributed by atoms with Crippen molar-refractivity contribution in [2.24, 2.45) is 0 Å². The van der Waals surface area contributed by atoms with Crippen molar-refractivity contribution in [1.82, 2.24) is 20.3 Å². The molecule has 0 bridgehead atoms. The third kappa shape index (κ3) is 3.53. The molecule has 0 unspecified atom stereocenters. The maximum atomic E-state index is 12.3.